The lowest BCUT2D eigenvalue weighted by Gasteiger charge is -2.15. The third-order valence-electron chi connectivity index (χ3n) is 3.55. The maximum absolute atomic E-state index is 13.7. The maximum atomic E-state index is 13.7. The molecule has 106 valence electrons. The molecule has 0 fully saturated rings. The van der Waals surface area contributed by atoms with Crippen LogP contribution in [-0.2, 0) is 0 Å². The Kier molecular flexibility index (Phi) is 3.54. The van der Waals surface area contributed by atoms with Crippen molar-refractivity contribution in [1.29, 1.82) is 0 Å². The summed E-state index contributed by atoms with van der Waals surface area (Å²) in [5.41, 5.74) is 9.39. The molecule has 0 saturated heterocycles. The SMILES string of the molecule is Cc1ccc(C(N)c2ccnn2-c2ccccc2)cc1F. The van der Waals surface area contributed by atoms with Crippen LogP contribution in [0.1, 0.15) is 22.9 Å². The monoisotopic (exact) mass is 281 g/mol. The lowest BCUT2D eigenvalue weighted by Crippen LogP contribution is -2.17. The van der Waals surface area contributed by atoms with Crippen LogP contribution in [0.4, 0.5) is 4.39 Å². The summed E-state index contributed by atoms with van der Waals surface area (Å²) in [6.45, 7) is 1.73. The van der Waals surface area contributed by atoms with Crippen LogP contribution >= 0.6 is 0 Å². The minimum absolute atomic E-state index is 0.242. The van der Waals surface area contributed by atoms with Gasteiger partial charge in [0.25, 0.3) is 0 Å². The van der Waals surface area contributed by atoms with E-state index in [0.717, 1.165) is 16.9 Å². The zero-order valence-corrected chi connectivity index (χ0v) is 11.7. The van der Waals surface area contributed by atoms with Crippen LogP contribution in [0, 0.1) is 12.7 Å². The molecule has 1 heterocycles. The highest BCUT2D eigenvalue weighted by molar-refractivity contribution is 5.37. The minimum Gasteiger partial charge on any atom is -0.319 e. The molecule has 0 saturated carbocycles. The second-order valence-corrected chi connectivity index (χ2v) is 4.99. The molecule has 0 aliphatic carbocycles. The van der Waals surface area contributed by atoms with E-state index in [9.17, 15) is 4.39 Å². The second-order valence-electron chi connectivity index (χ2n) is 4.99. The van der Waals surface area contributed by atoms with Crippen molar-refractivity contribution >= 4 is 0 Å². The average Bonchev–Trinajstić information content (AvgIpc) is 2.99. The number of para-hydroxylation sites is 1. The fraction of sp³-hybridized carbons (Fsp3) is 0.118. The topological polar surface area (TPSA) is 43.8 Å². The highest BCUT2D eigenvalue weighted by Gasteiger charge is 2.16. The zero-order valence-electron chi connectivity index (χ0n) is 11.7. The number of rotatable bonds is 3. The first-order chi connectivity index (χ1) is 10.2. The fourth-order valence-corrected chi connectivity index (χ4v) is 2.31. The molecule has 0 aliphatic heterocycles. The van der Waals surface area contributed by atoms with E-state index >= 15 is 0 Å². The summed E-state index contributed by atoms with van der Waals surface area (Å²) in [6, 6.07) is 16.3. The molecular formula is C17H16FN3. The highest BCUT2D eigenvalue weighted by Crippen LogP contribution is 2.23. The number of aryl methyl sites for hydroxylation is 1. The van der Waals surface area contributed by atoms with Gasteiger partial charge in [0.1, 0.15) is 5.82 Å². The predicted octanol–water partition coefficient (Wildman–Crippen LogP) is 3.37. The Labute approximate surface area is 122 Å². The Morgan fingerprint density at radius 3 is 2.57 bits per heavy atom. The van der Waals surface area contributed by atoms with Gasteiger partial charge in [-0.3, -0.25) is 0 Å². The van der Waals surface area contributed by atoms with Crippen molar-refractivity contribution in [3.63, 3.8) is 0 Å². The molecule has 0 amide bonds. The largest absolute Gasteiger partial charge is 0.319 e. The Balaban J connectivity index is 2.01. The molecule has 0 spiro atoms. The van der Waals surface area contributed by atoms with Gasteiger partial charge >= 0.3 is 0 Å². The first-order valence-corrected chi connectivity index (χ1v) is 6.78. The van der Waals surface area contributed by atoms with E-state index in [0.29, 0.717) is 5.56 Å². The summed E-state index contributed by atoms with van der Waals surface area (Å²) in [5.74, 6) is -0.242. The minimum atomic E-state index is -0.428. The van der Waals surface area contributed by atoms with Gasteiger partial charge in [0.15, 0.2) is 0 Å². The third-order valence-corrected chi connectivity index (χ3v) is 3.55. The lowest BCUT2D eigenvalue weighted by molar-refractivity contribution is 0.613. The Bertz CT molecular complexity index is 750. The first kappa shape index (κ1) is 13.5. The summed E-state index contributed by atoms with van der Waals surface area (Å²) in [7, 11) is 0. The van der Waals surface area contributed by atoms with E-state index in [2.05, 4.69) is 5.10 Å². The van der Waals surface area contributed by atoms with Gasteiger partial charge < -0.3 is 5.73 Å². The summed E-state index contributed by atoms with van der Waals surface area (Å²) < 4.78 is 15.5. The molecule has 0 radical (unpaired) electrons. The second kappa shape index (κ2) is 5.50. The Morgan fingerprint density at radius 1 is 1.10 bits per heavy atom. The lowest BCUT2D eigenvalue weighted by atomic mass is 10.0. The molecule has 2 N–H and O–H groups in total. The predicted molar refractivity (Wildman–Crippen MR) is 80.7 cm³/mol. The van der Waals surface area contributed by atoms with E-state index in [1.54, 1.807) is 23.9 Å². The summed E-state index contributed by atoms with van der Waals surface area (Å²) in [5, 5.41) is 4.32. The molecule has 1 atom stereocenters. The van der Waals surface area contributed by atoms with Crippen LogP contribution in [0.15, 0.2) is 60.8 Å². The normalized spacial score (nSPS) is 12.3. The molecule has 1 aromatic heterocycles. The summed E-state index contributed by atoms with van der Waals surface area (Å²) in [4.78, 5) is 0. The number of hydrogen-bond acceptors (Lipinski definition) is 2. The molecule has 2 aromatic carbocycles. The van der Waals surface area contributed by atoms with Crippen LogP contribution in [0.25, 0.3) is 5.69 Å². The molecule has 1 unspecified atom stereocenters. The number of nitrogens with two attached hydrogens (primary N) is 1. The average molecular weight is 281 g/mol. The molecule has 3 nitrogen and oxygen atoms in total. The molecule has 3 rings (SSSR count). The van der Waals surface area contributed by atoms with Crippen molar-refractivity contribution in [3.8, 4) is 5.69 Å². The first-order valence-electron chi connectivity index (χ1n) is 6.78. The van der Waals surface area contributed by atoms with Crippen molar-refractivity contribution in [2.24, 2.45) is 5.73 Å². The van der Waals surface area contributed by atoms with Gasteiger partial charge in [-0.25, -0.2) is 9.07 Å². The summed E-state index contributed by atoms with van der Waals surface area (Å²) >= 11 is 0. The van der Waals surface area contributed by atoms with Crippen molar-refractivity contribution in [3.05, 3.63) is 83.4 Å². The van der Waals surface area contributed by atoms with Crippen LogP contribution < -0.4 is 5.73 Å². The number of hydrogen-bond donors (Lipinski definition) is 1. The van der Waals surface area contributed by atoms with Gasteiger partial charge in [-0.2, -0.15) is 5.10 Å². The molecule has 0 bridgehead atoms. The van der Waals surface area contributed by atoms with Crippen molar-refractivity contribution in [2.75, 3.05) is 0 Å². The Morgan fingerprint density at radius 2 is 1.86 bits per heavy atom. The van der Waals surface area contributed by atoms with E-state index in [1.165, 1.54) is 6.07 Å². The van der Waals surface area contributed by atoms with Gasteiger partial charge in [0, 0.05) is 6.20 Å². The Hall–Kier alpha value is -2.46. The highest BCUT2D eigenvalue weighted by atomic mass is 19.1. The number of nitrogens with zero attached hydrogens (tertiary/aromatic N) is 2. The van der Waals surface area contributed by atoms with E-state index < -0.39 is 6.04 Å². The van der Waals surface area contributed by atoms with Gasteiger partial charge in [-0.05, 0) is 42.3 Å². The number of benzene rings is 2. The van der Waals surface area contributed by atoms with E-state index in [4.69, 9.17) is 5.73 Å². The van der Waals surface area contributed by atoms with Gasteiger partial charge in [0.05, 0.1) is 17.4 Å². The fourth-order valence-electron chi connectivity index (χ4n) is 2.31. The van der Waals surface area contributed by atoms with E-state index in [1.807, 2.05) is 42.5 Å². The van der Waals surface area contributed by atoms with Crippen molar-refractivity contribution in [1.82, 2.24) is 9.78 Å². The summed E-state index contributed by atoms with van der Waals surface area (Å²) in [6.07, 6.45) is 1.70. The molecule has 4 heteroatoms. The maximum Gasteiger partial charge on any atom is 0.126 e. The van der Waals surface area contributed by atoms with Gasteiger partial charge in [-0.15, -0.1) is 0 Å². The molecule has 3 aromatic rings. The number of aromatic nitrogens is 2. The smallest absolute Gasteiger partial charge is 0.126 e. The third kappa shape index (κ3) is 2.58. The zero-order chi connectivity index (χ0) is 14.8. The van der Waals surface area contributed by atoms with Crippen LogP contribution in [-0.4, -0.2) is 9.78 Å². The van der Waals surface area contributed by atoms with Gasteiger partial charge in [0.2, 0.25) is 0 Å². The van der Waals surface area contributed by atoms with Gasteiger partial charge in [-0.1, -0.05) is 30.3 Å². The van der Waals surface area contributed by atoms with Crippen molar-refractivity contribution < 1.29 is 4.39 Å². The van der Waals surface area contributed by atoms with E-state index in [-0.39, 0.29) is 5.82 Å². The van der Waals surface area contributed by atoms with Crippen molar-refractivity contribution in [2.45, 2.75) is 13.0 Å². The molecular weight excluding hydrogens is 265 g/mol. The molecule has 21 heavy (non-hydrogen) atoms. The number of halogens is 1. The van der Waals surface area contributed by atoms with Crippen LogP contribution in [0.5, 0.6) is 0 Å². The quantitative estimate of drug-likeness (QED) is 0.800. The van der Waals surface area contributed by atoms with Crippen LogP contribution in [0.3, 0.4) is 0 Å². The van der Waals surface area contributed by atoms with Crippen LogP contribution in [0.2, 0.25) is 0 Å². The standard InChI is InChI=1S/C17H16FN3/c1-12-7-8-13(11-15(12)18)17(19)16-9-10-20-21(16)14-5-3-2-4-6-14/h2-11,17H,19H2,1H3. The molecule has 0 aliphatic rings.